The van der Waals surface area contributed by atoms with Gasteiger partial charge >= 0.3 is 27.3 Å². The van der Waals surface area contributed by atoms with Crippen molar-refractivity contribution in [2.24, 2.45) is 0 Å². The van der Waals surface area contributed by atoms with Crippen LogP contribution in [0.5, 0.6) is 0 Å². The van der Waals surface area contributed by atoms with E-state index < -0.39 is 71.2 Å². The van der Waals surface area contributed by atoms with Crippen LogP contribution in [0.2, 0.25) is 0 Å². The Morgan fingerprint density at radius 1 is 0.789 bits per heavy atom. The smallest absolute Gasteiger partial charge is 0.457 e. The molecule has 2 heterocycles. The third kappa shape index (κ3) is 23.0. The normalized spacial score (nSPS) is 20.9. The molecule has 6 N–H and O–H groups in total. The molecular formula is C38H71N3O14P2. The predicted molar refractivity (Wildman–Crippen MR) is 215 cm³/mol. The van der Waals surface area contributed by atoms with Crippen molar-refractivity contribution in [2.45, 2.75) is 186 Å². The number of hydrogen-bond acceptors (Lipinski definition) is 14. The van der Waals surface area contributed by atoms with Crippen molar-refractivity contribution in [1.82, 2.24) is 9.55 Å². The van der Waals surface area contributed by atoms with Gasteiger partial charge in [-0.1, -0.05) is 136 Å². The van der Waals surface area contributed by atoms with Gasteiger partial charge in [0.05, 0.1) is 19.8 Å². The third-order valence-electron chi connectivity index (χ3n) is 9.72. The molecule has 7 unspecified atom stereocenters. The van der Waals surface area contributed by atoms with Crippen LogP contribution in [0.15, 0.2) is 17.1 Å². The molecule has 1 aliphatic rings. The maximum absolute atomic E-state index is 12.7. The summed E-state index contributed by atoms with van der Waals surface area (Å²) in [7, 11) is -10.6. The molecule has 0 saturated carbocycles. The van der Waals surface area contributed by atoms with Crippen LogP contribution in [0.25, 0.3) is 0 Å². The first kappa shape index (κ1) is 51.4. The number of esters is 1. The predicted octanol–water partition coefficient (Wildman–Crippen LogP) is 7.25. The number of nitrogens with two attached hydrogens (primary N) is 1. The summed E-state index contributed by atoms with van der Waals surface area (Å²) >= 11 is 0. The lowest BCUT2D eigenvalue weighted by Gasteiger charge is -2.21. The molecule has 2 rings (SSSR count). The monoisotopic (exact) mass is 855 g/mol. The molecular weight excluding hydrogens is 784 g/mol. The Balaban J connectivity index is 1.82. The van der Waals surface area contributed by atoms with Gasteiger partial charge in [-0.2, -0.15) is 9.29 Å². The quantitative estimate of drug-likeness (QED) is 0.0256. The Hall–Kier alpha value is -1.75. The van der Waals surface area contributed by atoms with Gasteiger partial charge in [0.15, 0.2) is 6.23 Å². The first-order chi connectivity index (χ1) is 27.3. The number of rotatable bonds is 35. The molecule has 19 heteroatoms. The largest absolute Gasteiger partial charge is 0.481 e. The van der Waals surface area contributed by atoms with Gasteiger partial charge in [-0.15, -0.1) is 0 Å². The Kier molecular flexibility index (Phi) is 26.6. The van der Waals surface area contributed by atoms with Gasteiger partial charge in [-0.25, -0.2) is 13.9 Å². The van der Waals surface area contributed by atoms with Crippen molar-refractivity contribution in [2.75, 3.05) is 32.2 Å². The van der Waals surface area contributed by atoms with Crippen molar-refractivity contribution in [3.8, 4) is 0 Å². The van der Waals surface area contributed by atoms with Crippen molar-refractivity contribution in [1.29, 1.82) is 0 Å². The van der Waals surface area contributed by atoms with E-state index in [0.29, 0.717) is 13.0 Å². The number of carbonyl (C=O) groups excluding carboxylic acids is 1. The molecule has 7 atom stereocenters. The maximum Gasteiger partial charge on any atom is 0.481 e. The van der Waals surface area contributed by atoms with Gasteiger partial charge in [0.25, 0.3) is 0 Å². The summed E-state index contributed by atoms with van der Waals surface area (Å²) in [6.07, 6.45) is 17.8. The van der Waals surface area contributed by atoms with E-state index in [0.717, 1.165) is 49.5 Å². The molecule has 57 heavy (non-hydrogen) atoms. The van der Waals surface area contributed by atoms with E-state index >= 15 is 0 Å². The number of aliphatic hydroxyl groups excluding tert-OH is 2. The summed E-state index contributed by atoms with van der Waals surface area (Å²) in [4.78, 5) is 48.9. The fourth-order valence-electron chi connectivity index (χ4n) is 6.44. The van der Waals surface area contributed by atoms with Gasteiger partial charge in [0.2, 0.25) is 0 Å². The SMILES string of the molecule is CCCCCCCCCCCCCC(=O)OC(COCCCCCCCCCCCC)COP(=O)(O)OP(=O)(O)OCC1OC(n2ccc(N)nc2=O)C(O)C1O. The van der Waals surface area contributed by atoms with E-state index in [1.807, 2.05) is 0 Å². The van der Waals surface area contributed by atoms with Crippen LogP contribution < -0.4 is 11.4 Å². The number of aromatic nitrogens is 2. The topological polar surface area (TPSA) is 248 Å². The highest BCUT2D eigenvalue weighted by atomic mass is 31.3. The summed E-state index contributed by atoms with van der Waals surface area (Å²) in [6, 6.07) is 1.26. The van der Waals surface area contributed by atoms with Crippen LogP contribution >= 0.6 is 15.6 Å². The highest BCUT2D eigenvalue weighted by Gasteiger charge is 2.46. The van der Waals surface area contributed by atoms with Gasteiger partial charge in [-0.05, 0) is 18.9 Å². The number of ether oxygens (including phenoxy) is 3. The second-order valence-electron chi connectivity index (χ2n) is 14.9. The lowest BCUT2D eigenvalue weighted by Crippen LogP contribution is -2.36. The third-order valence-corrected chi connectivity index (χ3v) is 12.3. The molecule has 0 aliphatic carbocycles. The molecule has 1 aromatic heterocycles. The highest BCUT2D eigenvalue weighted by Crippen LogP contribution is 2.60. The van der Waals surface area contributed by atoms with E-state index in [1.54, 1.807) is 0 Å². The standard InChI is InChI=1S/C38H71N3O14P2/c1-3-5-7-9-11-13-15-16-18-20-22-24-34(42)53-31(28-50-27-23-21-19-17-14-12-10-8-6-4-2)29-51-56(46,47)55-57(48,49)52-30-32-35(43)36(44)37(54-32)41-26-25-33(39)40-38(41)45/h25-26,31-32,35-37,43-44H,3-24,27-30H2,1-2H3,(H,46,47)(H,48,49)(H2,39,40,45). The zero-order valence-corrected chi connectivity index (χ0v) is 36.0. The molecule has 0 amide bonds. The van der Waals surface area contributed by atoms with Crippen LogP contribution in [0.1, 0.15) is 161 Å². The minimum absolute atomic E-state index is 0.0841. The van der Waals surface area contributed by atoms with Crippen molar-refractivity contribution in [3.63, 3.8) is 0 Å². The van der Waals surface area contributed by atoms with Crippen LogP contribution in [0.4, 0.5) is 5.82 Å². The van der Waals surface area contributed by atoms with Gasteiger partial charge in [0.1, 0.15) is 30.2 Å². The van der Waals surface area contributed by atoms with Gasteiger partial charge in [-0.3, -0.25) is 18.4 Å². The van der Waals surface area contributed by atoms with E-state index in [-0.39, 0.29) is 18.8 Å². The number of nitrogens with zero attached hydrogens (tertiary/aromatic N) is 2. The van der Waals surface area contributed by atoms with Crippen molar-refractivity contribution >= 4 is 27.4 Å². The van der Waals surface area contributed by atoms with Crippen LogP contribution in [0.3, 0.4) is 0 Å². The number of phosphoric ester groups is 2. The second kappa shape index (κ2) is 29.5. The summed E-state index contributed by atoms with van der Waals surface area (Å²) in [6.45, 7) is 3.07. The van der Waals surface area contributed by atoms with Crippen molar-refractivity contribution in [3.05, 3.63) is 22.7 Å². The van der Waals surface area contributed by atoms with E-state index in [1.165, 1.54) is 95.7 Å². The zero-order chi connectivity index (χ0) is 41.9. The van der Waals surface area contributed by atoms with Crippen LogP contribution in [0, 0.1) is 0 Å². The first-order valence-corrected chi connectivity index (χ1v) is 24.1. The highest BCUT2D eigenvalue weighted by molar-refractivity contribution is 7.61. The lowest BCUT2D eigenvalue weighted by atomic mass is 10.1. The molecule has 17 nitrogen and oxygen atoms in total. The van der Waals surface area contributed by atoms with Crippen LogP contribution in [-0.4, -0.2) is 86.4 Å². The number of phosphoric acid groups is 2. The zero-order valence-electron chi connectivity index (χ0n) is 34.2. The Morgan fingerprint density at radius 3 is 1.84 bits per heavy atom. The number of hydrogen-bond donors (Lipinski definition) is 5. The van der Waals surface area contributed by atoms with E-state index in [9.17, 15) is 38.7 Å². The minimum Gasteiger partial charge on any atom is -0.457 e. The maximum atomic E-state index is 12.7. The number of unbranched alkanes of at least 4 members (excludes halogenated alkanes) is 19. The van der Waals surface area contributed by atoms with Crippen molar-refractivity contribution < 1.29 is 61.5 Å². The van der Waals surface area contributed by atoms with E-state index in [4.69, 9.17) is 29.0 Å². The number of carbonyl (C=O) groups is 1. The summed E-state index contributed by atoms with van der Waals surface area (Å²) in [5.41, 5.74) is 4.60. The Morgan fingerprint density at radius 2 is 1.30 bits per heavy atom. The average molecular weight is 856 g/mol. The fraction of sp³-hybridized carbons (Fsp3) is 0.868. The molecule has 0 spiro atoms. The second-order valence-corrected chi connectivity index (χ2v) is 17.9. The molecule has 1 saturated heterocycles. The molecule has 0 bridgehead atoms. The number of anilines is 1. The molecule has 1 fully saturated rings. The summed E-state index contributed by atoms with van der Waals surface area (Å²) < 4.78 is 57.1. The Bertz CT molecular complexity index is 1390. The minimum atomic E-state index is -5.34. The molecule has 332 valence electrons. The fourth-order valence-corrected chi connectivity index (χ4v) is 8.55. The Labute approximate surface area is 338 Å². The summed E-state index contributed by atoms with van der Waals surface area (Å²) in [5, 5.41) is 20.8. The van der Waals surface area contributed by atoms with Gasteiger partial charge < -0.3 is 39.9 Å². The first-order valence-electron chi connectivity index (χ1n) is 21.1. The molecule has 0 radical (unpaired) electrons. The summed E-state index contributed by atoms with van der Waals surface area (Å²) in [5.74, 6) is -0.612. The molecule has 0 aromatic carbocycles. The molecule has 1 aliphatic heterocycles. The van der Waals surface area contributed by atoms with Crippen LogP contribution in [-0.2, 0) is 41.5 Å². The number of nitrogen functional groups attached to an aromatic ring is 1. The number of aliphatic hydroxyl groups is 2. The average Bonchev–Trinajstić information content (AvgIpc) is 3.43. The lowest BCUT2D eigenvalue weighted by molar-refractivity contribution is -0.154. The van der Waals surface area contributed by atoms with Gasteiger partial charge in [0, 0.05) is 19.2 Å². The van der Waals surface area contributed by atoms with E-state index in [2.05, 4.69) is 23.1 Å². The molecule has 1 aromatic rings.